The zero-order valence-electron chi connectivity index (χ0n) is 15.9. The topological polar surface area (TPSA) is 102 Å². The molecule has 2 rings (SSSR count). The average Bonchev–Trinajstić information content (AvgIpc) is 2.65. The summed E-state index contributed by atoms with van der Waals surface area (Å²) in [4.78, 5) is 10.7. The first kappa shape index (κ1) is 24.6. The van der Waals surface area contributed by atoms with Crippen LogP contribution in [0.15, 0.2) is 36.4 Å². The highest BCUT2D eigenvalue weighted by molar-refractivity contribution is 7.53. The first-order chi connectivity index (χ1) is 14.1. The molecule has 2 aromatic rings. The highest BCUT2D eigenvalue weighted by Crippen LogP contribution is 2.50. The van der Waals surface area contributed by atoms with Crippen LogP contribution in [-0.2, 0) is 31.6 Å². The van der Waals surface area contributed by atoms with Gasteiger partial charge in [0, 0.05) is 17.7 Å². The molecule has 0 aliphatic heterocycles. The van der Waals surface area contributed by atoms with E-state index in [1.807, 2.05) is 0 Å². The Hall–Kier alpha value is -1.67. The van der Waals surface area contributed by atoms with E-state index in [2.05, 4.69) is 0 Å². The summed E-state index contributed by atoms with van der Waals surface area (Å²) in [5.41, 5.74) is 1.02. The number of aliphatic hydroxyl groups is 1. The van der Waals surface area contributed by atoms with Crippen molar-refractivity contribution in [1.82, 2.24) is 0 Å². The van der Waals surface area contributed by atoms with Gasteiger partial charge in [0.1, 0.15) is 18.2 Å². The molecule has 30 heavy (non-hydrogen) atoms. The van der Waals surface area contributed by atoms with E-state index in [-0.39, 0.29) is 29.8 Å². The molecule has 164 valence electrons. The van der Waals surface area contributed by atoms with Gasteiger partial charge in [-0.25, -0.2) is 4.39 Å². The SMILES string of the molecule is COP(=O)(C[C@@H](O)CC(=O)O)OCc1c(Cl)cc(Cl)cc1OCc1ccc(F)cc1. The second-order valence-corrected chi connectivity index (χ2v) is 9.33. The molecule has 2 atom stereocenters. The van der Waals surface area contributed by atoms with Crippen molar-refractivity contribution in [2.45, 2.75) is 25.7 Å². The van der Waals surface area contributed by atoms with Gasteiger partial charge in [0.15, 0.2) is 0 Å². The number of carbonyl (C=O) groups is 1. The number of aliphatic hydroxyl groups excluding tert-OH is 1. The van der Waals surface area contributed by atoms with Gasteiger partial charge in [0.05, 0.1) is 30.3 Å². The monoisotopic (exact) mass is 480 g/mol. The van der Waals surface area contributed by atoms with Gasteiger partial charge in [0.2, 0.25) is 0 Å². The minimum Gasteiger partial charge on any atom is -0.488 e. The Kier molecular flexibility index (Phi) is 9.09. The molecule has 0 radical (unpaired) electrons. The lowest BCUT2D eigenvalue weighted by atomic mass is 10.2. The maximum absolute atomic E-state index is 13.0. The number of benzene rings is 2. The molecular formula is C19H20Cl2FO7P. The van der Waals surface area contributed by atoms with Crippen LogP contribution in [0, 0.1) is 5.82 Å². The van der Waals surface area contributed by atoms with E-state index in [1.165, 1.54) is 24.3 Å². The normalized spacial score (nSPS) is 14.2. The van der Waals surface area contributed by atoms with Crippen LogP contribution in [0.4, 0.5) is 4.39 Å². The van der Waals surface area contributed by atoms with Crippen molar-refractivity contribution in [3.05, 3.63) is 63.4 Å². The van der Waals surface area contributed by atoms with Crippen LogP contribution in [0.5, 0.6) is 5.75 Å². The number of halogens is 3. The third-order valence-electron chi connectivity index (χ3n) is 3.96. The zero-order chi connectivity index (χ0) is 22.3. The Balaban J connectivity index is 2.14. The predicted molar refractivity (Wildman–Crippen MR) is 110 cm³/mol. The molecule has 2 N–H and O–H groups in total. The summed E-state index contributed by atoms with van der Waals surface area (Å²) in [7, 11) is -2.69. The summed E-state index contributed by atoms with van der Waals surface area (Å²) in [6.45, 7) is -0.219. The summed E-state index contributed by atoms with van der Waals surface area (Å²) in [5.74, 6) is -1.37. The van der Waals surface area contributed by atoms with Gasteiger partial charge in [-0.05, 0) is 29.8 Å². The Morgan fingerprint density at radius 1 is 1.20 bits per heavy atom. The van der Waals surface area contributed by atoms with Gasteiger partial charge in [0.25, 0.3) is 0 Å². The van der Waals surface area contributed by atoms with Crippen molar-refractivity contribution >= 4 is 36.8 Å². The summed E-state index contributed by atoms with van der Waals surface area (Å²) >= 11 is 12.3. The molecule has 0 amide bonds. The fraction of sp³-hybridized carbons (Fsp3) is 0.316. The van der Waals surface area contributed by atoms with Crippen LogP contribution < -0.4 is 4.74 Å². The van der Waals surface area contributed by atoms with Crippen LogP contribution >= 0.6 is 30.8 Å². The van der Waals surface area contributed by atoms with Crippen molar-refractivity contribution in [2.75, 3.05) is 13.3 Å². The highest BCUT2D eigenvalue weighted by atomic mass is 35.5. The van der Waals surface area contributed by atoms with Crippen molar-refractivity contribution in [3.8, 4) is 5.75 Å². The van der Waals surface area contributed by atoms with Crippen LogP contribution in [0.25, 0.3) is 0 Å². The lowest BCUT2D eigenvalue weighted by Crippen LogP contribution is -2.18. The second kappa shape index (κ2) is 11.1. The first-order valence-electron chi connectivity index (χ1n) is 8.66. The summed E-state index contributed by atoms with van der Waals surface area (Å²) < 4.78 is 41.7. The zero-order valence-corrected chi connectivity index (χ0v) is 18.3. The molecule has 0 aliphatic carbocycles. The van der Waals surface area contributed by atoms with E-state index < -0.39 is 32.3 Å². The maximum Gasteiger partial charge on any atom is 0.333 e. The van der Waals surface area contributed by atoms with Crippen LogP contribution in [0.3, 0.4) is 0 Å². The van der Waals surface area contributed by atoms with Gasteiger partial charge < -0.3 is 24.0 Å². The van der Waals surface area contributed by atoms with Crippen LogP contribution in [0.2, 0.25) is 10.0 Å². The standard InChI is InChI=1S/C19H20Cl2FO7P/c1-27-30(26,11-15(23)8-19(24)25)29-10-16-17(21)6-13(20)7-18(16)28-9-12-2-4-14(22)5-3-12/h2-7,15,23H,8-11H2,1H3,(H,24,25)/t15-,30?/m0/s1. The Labute approximate surface area is 182 Å². The van der Waals surface area contributed by atoms with Gasteiger partial charge in [-0.3, -0.25) is 9.36 Å². The van der Waals surface area contributed by atoms with Crippen LogP contribution in [-0.4, -0.2) is 35.6 Å². The second-order valence-electron chi connectivity index (χ2n) is 6.28. The number of hydrogen-bond donors (Lipinski definition) is 2. The molecule has 0 saturated carbocycles. The number of carboxylic acid groups (broad SMARTS) is 1. The fourth-order valence-corrected chi connectivity index (χ4v) is 4.32. The van der Waals surface area contributed by atoms with Crippen molar-refractivity contribution in [3.63, 3.8) is 0 Å². The predicted octanol–water partition coefficient (Wildman–Crippen LogP) is 4.90. The number of carboxylic acids is 1. The molecule has 0 spiro atoms. The Morgan fingerprint density at radius 2 is 1.87 bits per heavy atom. The molecule has 0 saturated heterocycles. The lowest BCUT2D eigenvalue weighted by Gasteiger charge is -2.20. The lowest BCUT2D eigenvalue weighted by molar-refractivity contribution is -0.138. The Morgan fingerprint density at radius 3 is 2.47 bits per heavy atom. The summed E-state index contributed by atoms with van der Waals surface area (Å²) in [6.07, 6.45) is -2.53. The number of hydrogen-bond acceptors (Lipinski definition) is 6. The smallest absolute Gasteiger partial charge is 0.333 e. The number of aliphatic carboxylic acids is 1. The number of ether oxygens (including phenoxy) is 1. The first-order valence-corrected chi connectivity index (χ1v) is 11.1. The molecule has 0 heterocycles. The van der Waals surface area contributed by atoms with Gasteiger partial charge in [-0.1, -0.05) is 35.3 Å². The molecule has 0 fully saturated rings. The maximum atomic E-state index is 13.0. The summed E-state index contributed by atoms with van der Waals surface area (Å²) in [5, 5.41) is 19.0. The van der Waals surface area contributed by atoms with E-state index in [0.29, 0.717) is 16.1 Å². The highest BCUT2D eigenvalue weighted by Gasteiger charge is 2.29. The van der Waals surface area contributed by atoms with E-state index in [1.54, 1.807) is 12.1 Å². The molecule has 11 heteroatoms. The molecule has 0 bridgehead atoms. The minimum atomic E-state index is -3.81. The van der Waals surface area contributed by atoms with Crippen molar-refractivity contribution in [1.29, 1.82) is 0 Å². The van der Waals surface area contributed by atoms with E-state index in [0.717, 1.165) is 7.11 Å². The van der Waals surface area contributed by atoms with Crippen LogP contribution in [0.1, 0.15) is 17.5 Å². The van der Waals surface area contributed by atoms with Crippen molar-refractivity contribution in [2.24, 2.45) is 0 Å². The third-order valence-corrected chi connectivity index (χ3v) is 6.46. The van der Waals surface area contributed by atoms with E-state index in [4.69, 9.17) is 42.1 Å². The molecule has 1 unspecified atom stereocenters. The number of rotatable bonds is 11. The van der Waals surface area contributed by atoms with Gasteiger partial charge in [-0.15, -0.1) is 0 Å². The van der Waals surface area contributed by atoms with Gasteiger partial charge in [-0.2, -0.15) is 0 Å². The average molecular weight is 481 g/mol. The molecule has 0 aliphatic rings. The Bertz CT molecular complexity index is 924. The van der Waals surface area contributed by atoms with Crippen molar-refractivity contribution < 1.29 is 37.7 Å². The fourth-order valence-electron chi connectivity index (χ4n) is 2.46. The largest absolute Gasteiger partial charge is 0.488 e. The summed E-state index contributed by atoms with van der Waals surface area (Å²) in [6, 6.07) is 8.65. The van der Waals surface area contributed by atoms with E-state index >= 15 is 0 Å². The minimum absolute atomic E-state index is 0.0865. The van der Waals surface area contributed by atoms with E-state index in [9.17, 15) is 18.9 Å². The quantitative estimate of drug-likeness (QED) is 0.440. The molecule has 0 aromatic heterocycles. The molecular weight excluding hydrogens is 461 g/mol. The third kappa shape index (κ3) is 7.54. The molecule has 7 nitrogen and oxygen atoms in total. The van der Waals surface area contributed by atoms with Gasteiger partial charge >= 0.3 is 13.6 Å². The molecule has 2 aromatic carbocycles.